The topological polar surface area (TPSA) is 89.9 Å². The summed E-state index contributed by atoms with van der Waals surface area (Å²) in [6.45, 7) is 2.85. The molecule has 2 amide bonds. The van der Waals surface area contributed by atoms with Crippen molar-refractivity contribution in [2.75, 3.05) is 19.7 Å². The molecule has 1 aliphatic rings. The Bertz CT molecular complexity index is 270. The molecule has 0 aromatic rings. The van der Waals surface area contributed by atoms with Crippen LogP contribution in [-0.4, -0.2) is 52.9 Å². The second kappa shape index (κ2) is 5.69. The molecule has 3 N–H and O–H groups in total. The average Bonchev–Trinajstić information content (AvgIpc) is 2.73. The van der Waals surface area contributed by atoms with Crippen LogP contribution in [0, 0.1) is 5.92 Å². The monoisotopic (exact) mass is 230 g/mol. The van der Waals surface area contributed by atoms with E-state index in [0.29, 0.717) is 19.5 Å². The molecule has 0 spiro atoms. The Hall–Kier alpha value is -1.30. The van der Waals surface area contributed by atoms with Crippen LogP contribution in [0.2, 0.25) is 0 Å². The van der Waals surface area contributed by atoms with Gasteiger partial charge in [-0.3, -0.25) is 0 Å². The summed E-state index contributed by atoms with van der Waals surface area (Å²) >= 11 is 0. The minimum absolute atomic E-state index is 0.0694. The molecule has 0 aromatic carbocycles. The summed E-state index contributed by atoms with van der Waals surface area (Å²) in [7, 11) is 0. The molecule has 1 heterocycles. The second-order valence-corrected chi connectivity index (χ2v) is 4.03. The van der Waals surface area contributed by atoms with E-state index in [1.165, 1.54) is 0 Å². The number of hydrogen-bond acceptors (Lipinski definition) is 3. The van der Waals surface area contributed by atoms with Crippen LogP contribution in [0.4, 0.5) is 4.79 Å². The van der Waals surface area contributed by atoms with Crippen molar-refractivity contribution in [3.8, 4) is 0 Å². The maximum absolute atomic E-state index is 11.7. The molecule has 2 atom stereocenters. The third kappa shape index (κ3) is 3.10. The fourth-order valence-electron chi connectivity index (χ4n) is 1.74. The van der Waals surface area contributed by atoms with Crippen LogP contribution in [0.1, 0.15) is 19.8 Å². The second-order valence-electron chi connectivity index (χ2n) is 4.03. The van der Waals surface area contributed by atoms with Gasteiger partial charge < -0.3 is 20.4 Å². The van der Waals surface area contributed by atoms with Gasteiger partial charge in [-0.25, -0.2) is 9.59 Å². The van der Waals surface area contributed by atoms with Gasteiger partial charge in [0, 0.05) is 25.6 Å². The van der Waals surface area contributed by atoms with E-state index < -0.39 is 12.0 Å². The summed E-state index contributed by atoms with van der Waals surface area (Å²) in [5.41, 5.74) is 0. The number of rotatable bonds is 4. The first-order valence-electron chi connectivity index (χ1n) is 5.47. The lowest BCUT2D eigenvalue weighted by molar-refractivity contribution is -0.139. The molecule has 0 aliphatic carbocycles. The summed E-state index contributed by atoms with van der Waals surface area (Å²) in [5.74, 6) is -0.899. The van der Waals surface area contributed by atoms with E-state index in [4.69, 9.17) is 10.2 Å². The molecule has 0 saturated carbocycles. The number of carboxylic acids is 1. The molecule has 6 nitrogen and oxygen atoms in total. The maximum atomic E-state index is 11.7. The highest BCUT2D eigenvalue weighted by Crippen LogP contribution is 2.15. The van der Waals surface area contributed by atoms with Crippen LogP contribution in [0.25, 0.3) is 0 Å². The highest BCUT2D eigenvalue weighted by molar-refractivity contribution is 5.82. The van der Waals surface area contributed by atoms with Crippen LogP contribution in [0.5, 0.6) is 0 Å². The maximum Gasteiger partial charge on any atom is 0.326 e. The minimum atomic E-state index is -1.02. The molecule has 1 rings (SSSR count). The summed E-state index contributed by atoms with van der Waals surface area (Å²) in [6, 6.07) is -1.19. The first kappa shape index (κ1) is 12.8. The zero-order valence-corrected chi connectivity index (χ0v) is 9.35. The van der Waals surface area contributed by atoms with Crippen molar-refractivity contribution in [2.24, 2.45) is 5.92 Å². The molecule has 1 unspecified atom stereocenters. The van der Waals surface area contributed by atoms with E-state index in [2.05, 4.69) is 5.32 Å². The number of aliphatic carboxylic acids is 1. The summed E-state index contributed by atoms with van der Waals surface area (Å²) in [5, 5.41) is 20.2. The highest BCUT2D eigenvalue weighted by Gasteiger charge is 2.28. The number of hydrogen-bond donors (Lipinski definition) is 3. The number of carboxylic acid groups (broad SMARTS) is 1. The van der Waals surface area contributed by atoms with Crippen LogP contribution >= 0.6 is 0 Å². The Kier molecular flexibility index (Phi) is 4.54. The number of carbonyl (C=O) groups is 2. The lowest BCUT2D eigenvalue weighted by atomic mass is 10.1. The average molecular weight is 230 g/mol. The third-order valence-electron chi connectivity index (χ3n) is 2.84. The lowest BCUT2D eigenvalue weighted by Crippen LogP contribution is -2.47. The fourth-order valence-corrected chi connectivity index (χ4v) is 1.74. The molecule has 16 heavy (non-hydrogen) atoms. The molecule has 1 aliphatic heterocycles. The molecule has 1 saturated heterocycles. The number of likely N-dealkylation sites (tertiary alicyclic amines) is 1. The number of nitrogens with zero attached hydrogens (tertiary/aromatic N) is 1. The molecule has 92 valence electrons. The van der Waals surface area contributed by atoms with Crippen LogP contribution < -0.4 is 5.32 Å². The Morgan fingerprint density at radius 3 is 2.69 bits per heavy atom. The number of aliphatic hydroxyl groups excluding tert-OH is 1. The van der Waals surface area contributed by atoms with Crippen molar-refractivity contribution >= 4 is 12.0 Å². The van der Waals surface area contributed by atoms with Crippen molar-refractivity contribution in [3.05, 3.63) is 0 Å². The number of aliphatic hydroxyl groups is 1. The predicted octanol–water partition coefficient (Wildman–Crippen LogP) is -0.127. The summed E-state index contributed by atoms with van der Waals surface area (Å²) < 4.78 is 0. The quantitative estimate of drug-likeness (QED) is 0.627. The van der Waals surface area contributed by atoms with E-state index in [1.54, 1.807) is 11.8 Å². The molecule has 0 radical (unpaired) electrons. The molecule has 0 bridgehead atoms. The van der Waals surface area contributed by atoms with Crippen molar-refractivity contribution in [3.63, 3.8) is 0 Å². The molecule has 0 aromatic heterocycles. The number of carbonyl (C=O) groups excluding carboxylic acids is 1. The zero-order valence-electron chi connectivity index (χ0n) is 9.35. The molecule has 1 fully saturated rings. The number of amides is 2. The lowest BCUT2D eigenvalue weighted by Gasteiger charge is -2.20. The van der Waals surface area contributed by atoms with Crippen molar-refractivity contribution in [1.82, 2.24) is 10.2 Å². The standard InChI is InChI=1S/C10H18N2O4/c1-2-8(9(14)15)11-10(16)12-4-3-7(5-12)6-13/h7-8,13H,2-6H2,1H3,(H,11,16)(H,14,15)/t7?,8-/m0/s1. The van der Waals surface area contributed by atoms with Crippen molar-refractivity contribution in [1.29, 1.82) is 0 Å². The Morgan fingerprint density at radius 2 is 2.25 bits per heavy atom. The number of nitrogens with one attached hydrogen (secondary N) is 1. The Labute approximate surface area is 94.2 Å². The van der Waals surface area contributed by atoms with Gasteiger partial charge in [0.2, 0.25) is 0 Å². The van der Waals surface area contributed by atoms with E-state index in [0.717, 1.165) is 6.42 Å². The number of urea groups is 1. The highest BCUT2D eigenvalue weighted by atomic mass is 16.4. The first-order valence-corrected chi connectivity index (χ1v) is 5.47. The molecular weight excluding hydrogens is 212 g/mol. The van der Waals surface area contributed by atoms with Gasteiger partial charge in [-0.2, -0.15) is 0 Å². The van der Waals surface area contributed by atoms with Crippen LogP contribution in [0.3, 0.4) is 0 Å². The summed E-state index contributed by atoms with van der Waals surface area (Å²) in [6.07, 6.45) is 1.13. The SMILES string of the molecule is CC[C@H](NC(=O)N1CCC(CO)C1)C(=O)O. The van der Waals surface area contributed by atoms with Gasteiger partial charge in [0.25, 0.3) is 0 Å². The van der Waals surface area contributed by atoms with Crippen LogP contribution in [0.15, 0.2) is 0 Å². The minimum Gasteiger partial charge on any atom is -0.480 e. The van der Waals surface area contributed by atoms with Gasteiger partial charge in [0.1, 0.15) is 6.04 Å². The van der Waals surface area contributed by atoms with Crippen molar-refractivity contribution in [2.45, 2.75) is 25.8 Å². The predicted molar refractivity (Wildman–Crippen MR) is 57.0 cm³/mol. The largest absolute Gasteiger partial charge is 0.480 e. The summed E-state index contributed by atoms with van der Waals surface area (Å²) in [4.78, 5) is 23.9. The van der Waals surface area contributed by atoms with E-state index >= 15 is 0 Å². The van der Waals surface area contributed by atoms with Crippen LogP contribution in [-0.2, 0) is 4.79 Å². The Balaban J connectivity index is 2.43. The van der Waals surface area contributed by atoms with Gasteiger partial charge in [-0.05, 0) is 12.8 Å². The third-order valence-corrected chi connectivity index (χ3v) is 2.84. The van der Waals surface area contributed by atoms with E-state index in [-0.39, 0.29) is 18.6 Å². The first-order chi connectivity index (χ1) is 7.58. The zero-order chi connectivity index (χ0) is 12.1. The normalized spacial score (nSPS) is 21.9. The van der Waals surface area contributed by atoms with E-state index in [1.807, 2.05) is 0 Å². The van der Waals surface area contributed by atoms with Gasteiger partial charge in [-0.15, -0.1) is 0 Å². The van der Waals surface area contributed by atoms with Gasteiger partial charge in [-0.1, -0.05) is 6.92 Å². The van der Waals surface area contributed by atoms with Gasteiger partial charge in [0.05, 0.1) is 0 Å². The van der Waals surface area contributed by atoms with E-state index in [9.17, 15) is 9.59 Å². The molecular formula is C10H18N2O4. The van der Waals surface area contributed by atoms with Crippen molar-refractivity contribution < 1.29 is 19.8 Å². The van der Waals surface area contributed by atoms with Gasteiger partial charge in [0.15, 0.2) is 0 Å². The smallest absolute Gasteiger partial charge is 0.326 e. The Morgan fingerprint density at radius 1 is 1.56 bits per heavy atom. The molecule has 6 heteroatoms. The van der Waals surface area contributed by atoms with Gasteiger partial charge >= 0.3 is 12.0 Å². The fraction of sp³-hybridized carbons (Fsp3) is 0.800.